The SMILES string of the molecule is Cc1cn([C@H]2CC(N=[N+]=[N-])[C@@H](COP(=O)([O-])N[C@@H](C)C(=O)O)O2)c(=O)[nH]c1=O. The summed E-state index contributed by atoms with van der Waals surface area (Å²) in [5.74, 6) is -1.39. The molecular formula is C13H18N6O8P-. The molecule has 1 aromatic rings. The van der Waals surface area contributed by atoms with Crippen LogP contribution < -0.4 is 21.2 Å². The zero-order valence-corrected chi connectivity index (χ0v) is 15.7. The maximum absolute atomic E-state index is 12.0. The lowest BCUT2D eigenvalue weighted by Gasteiger charge is -2.28. The van der Waals surface area contributed by atoms with Crippen LogP contribution in [-0.2, 0) is 18.6 Å². The lowest BCUT2D eigenvalue weighted by atomic mass is 10.1. The molecule has 0 spiro atoms. The average molecular weight is 417 g/mol. The van der Waals surface area contributed by atoms with Crippen LogP contribution in [-0.4, -0.2) is 45.4 Å². The van der Waals surface area contributed by atoms with Crippen molar-refractivity contribution in [2.75, 3.05) is 6.61 Å². The zero-order valence-electron chi connectivity index (χ0n) is 14.8. The number of azide groups is 1. The highest BCUT2D eigenvalue weighted by molar-refractivity contribution is 7.49. The molecule has 28 heavy (non-hydrogen) atoms. The Morgan fingerprint density at radius 1 is 1.68 bits per heavy atom. The number of hydrogen-bond donors (Lipinski definition) is 3. The van der Waals surface area contributed by atoms with E-state index in [2.05, 4.69) is 15.0 Å². The van der Waals surface area contributed by atoms with E-state index in [9.17, 15) is 23.8 Å². The van der Waals surface area contributed by atoms with E-state index in [4.69, 9.17) is 19.9 Å². The third-order valence-electron chi connectivity index (χ3n) is 3.99. The van der Waals surface area contributed by atoms with Crippen molar-refractivity contribution < 1.29 is 28.6 Å². The number of aromatic amines is 1. The molecule has 0 amide bonds. The van der Waals surface area contributed by atoms with Crippen LogP contribution in [0, 0.1) is 6.92 Å². The number of aromatic nitrogens is 2. The highest BCUT2D eigenvalue weighted by atomic mass is 31.2. The summed E-state index contributed by atoms with van der Waals surface area (Å²) in [6.07, 6.45) is -0.643. The highest BCUT2D eigenvalue weighted by Gasteiger charge is 2.37. The van der Waals surface area contributed by atoms with Gasteiger partial charge in [0, 0.05) is 23.1 Å². The molecule has 1 fully saturated rings. The van der Waals surface area contributed by atoms with Crippen LogP contribution in [0.5, 0.6) is 0 Å². The number of carbonyl (C=O) groups is 1. The number of H-pyrrole nitrogens is 1. The van der Waals surface area contributed by atoms with Crippen LogP contribution in [0.15, 0.2) is 20.9 Å². The van der Waals surface area contributed by atoms with Gasteiger partial charge in [-0.15, -0.1) is 0 Å². The lowest BCUT2D eigenvalue weighted by Crippen LogP contribution is -2.37. The predicted octanol–water partition coefficient (Wildman–Crippen LogP) is -0.641. The second-order valence-electron chi connectivity index (χ2n) is 6.10. The molecule has 1 saturated heterocycles. The molecule has 0 bridgehead atoms. The monoisotopic (exact) mass is 417 g/mol. The summed E-state index contributed by atoms with van der Waals surface area (Å²) in [6, 6.07) is -2.26. The summed E-state index contributed by atoms with van der Waals surface area (Å²) in [7, 11) is -4.73. The van der Waals surface area contributed by atoms with Gasteiger partial charge >= 0.3 is 11.7 Å². The van der Waals surface area contributed by atoms with E-state index in [0.717, 1.165) is 11.5 Å². The van der Waals surface area contributed by atoms with Gasteiger partial charge in [0.15, 0.2) is 0 Å². The minimum absolute atomic E-state index is 0.0333. The number of carboxylic acids is 1. The molecule has 2 heterocycles. The van der Waals surface area contributed by atoms with Crippen molar-refractivity contribution in [1.29, 1.82) is 0 Å². The maximum Gasteiger partial charge on any atom is 0.330 e. The van der Waals surface area contributed by atoms with Gasteiger partial charge in [-0.25, -0.2) is 9.88 Å². The smallest absolute Gasteiger partial charge is 0.330 e. The van der Waals surface area contributed by atoms with E-state index in [1.165, 1.54) is 13.1 Å². The fourth-order valence-corrected chi connectivity index (χ4v) is 3.53. The summed E-state index contributed by atoms with van der Waals surface area (Å²) in [4.78, 5) is 50.8. The summed E-state index contributed by atoms with van der Waals surface area (Å²) in [5.41, 5.74) is 7.64. The first-order chi connectivity index (χ1) is 13.0. The Morgan fingerprint density at radius 3 is 2.96 bits per heavy atom. The van der Waals surface area contributed by atoms with Gasteiger partial charge in [-0.3, -0.25) is 23.7 Å². The molecule has 1 aromatic heterocycles. The van der Waals surface area contributed by atoms with Crippen LogP contribution in [0.1, 0.15) is 25.1 Å². The number of hydrogen-bond acceptors (Lipinski definition) is 8. The first kappa shape index (κ1) is 21.8. The van der Waals surface area contributed by atoms with Crippen molar-refractivity contribution in [3.63, 3.8) is 0 Å². The number of nitrogens with one attached hydrogen (secondary N) is 2. The molecular weight excluding hydrogens is 399 g/mol. The number of carboxylic acid groups (broad SMARTS) is 1. The van der Waals surface area contributed by atoms with E-state index in [1.54, 1.807) is 0 Å². The normalized spacial score (nSPS) is 24.9. The Kier molecular flexibility index (Phi) is 6.77. The van der Waals surface area contributed by atoms with Crippen LogP contribution in [0.4, 0.5) is 0 Å². The highest BCUT2D eigenvalue weighted by Crippen LogP contribution is 2.36. The first-order valence-electron chi connectivity index (χ1n) is 8.02. The molecule has 0 saturated carbocycles. The molecule has 0 aliphatic carbocycles. The lowest BCUT2D eigenvalue weighted by molar-refractivity contribution is -0.206. The van der Waals surface area contributed by atoms with Crippen LogP contribution in [0.2, 0.25) is 0 Å². The number of aliphatic carboxylic acids is 1. The van der Waals surface area contributed by atoms with Crippen molar-refractivity contribution in [2.45, 2.75) is 44.7 Å². The summed E-state index contributed by atoms with van der Waals surface area (Å²) < 4.78 is 23.3. The maximum atomic E-state index is 12.0. The molecule has 0 aromatic carbocycles. The van der Waals surface area contributed by atoms with Crippen LogP contribution in [0.25, 0.3) is 10.4 Å². The van der Waals surface area contributed by atoms with Crippen molar-refractivity contribution in [2.24, 2.45) is 5.11 Å². The summed E-state index contributed by atoms with van der Waals surface area (Å²) >= 11 is 0. The van der Waals surface area contributed by atoms with E-state index >= 15 is 0 Å². The largest absolute Gasteiger partial charge is 0.766 e. The van der Waals surface area contributed by atoms with Crippen molar-refractivity contribution >= 4 is 13.7 Å². The van der Waals surface area contributed by atoms with E-state index in [1.807, 2.05) is 5.09 Å². The van der Waals surface area contributed by atoms with Gasteiger partial charge in [0.2, 0.25) is 7.75 Å². The summed E-state index contributed by atoms with van der Waals surface area (Å²) in [5, 5.41) is 14.1. The minimum Gasteiger partial charge on any atom is -0.766 e. The number of rotatable bonds is 8. The van der Waals surface area contributed by atoms with Crippen LogP contribution in [0.3, 0.4) is 0 Å². The second kappa shape index (κ2) is 8.69. The Hall–Kier alpha value is -2.47. The van der Waals surface area contributed by atoms with Gasteiger partial charge in [-0.2, -0.15) is 0 Å². The van der Waals surface area contributed by atoms with Crippen molar-refractivity contribution in [3.05, 3.63) is 43.0 Å². The number of aryl methyl sites for hydroxylation is 1. The molecule has 1 aliphatic rings. The fraction of sp³-hybridized carbons (Fsp3) is 0.615. The number of ether oxygens (including phenoxy) is 1. The third kappa shape index (κ3) is 5.29. The fourth-order valence-electron chi connectivity index (χ4n) is 2.52. The standard InChI is InChI=1S/C13H19N6O8P/c1-6-4-19(13(23)15-11(6)20)10-3-8(16-18-14)9(27-10)5-26-28(24,25)17-7(2)12(21)22/h4,7-10H,3,5H2,1-2H3,(H,21,22)(H,15,20,23)(H2,17,24,25)/p-1/t7-,8?,9+,10+/m0/s1. The minimum atomic E-state index is -4.73. The average Bonchev–Trinajstić information content (AvgIpc) is 2.99. The first-order valence-corrected chi connectivity index (χ1v) is 9.56. The molecule has 2 rings (SSSR count). The van der Waals surface area contributed by atoms with Crippen molar-refractivity contribution in [3.8, 4) is 0 Å². The topological polar surface area (TPSA) is 212 Å². The van der Waals surface area contributed by atoms with Gasteiger partial charge < -0.3 is 19.3 Å². The van der Waals surface area contributed by atoms with Crippen LogP contribution >= 0.6 is 7.75 Å². The Labute approximate surface area is 157 Å². The predicted molar refractivity (Wildman–Crippen MR) is 91.3 cm³/mol. The zero-order chi connectivity index (χ0) is 21.1. The van der Waals surface area contributed by atoms with Gasteiger partial charge in [-0.05, 0) is 19.4 Å². The Balaban J connectivity index is 2.14. The molecule has 2 unspecified atom stereocenters. The van der Waals surface area contributed by atoms with E-state index in [-0.39, 0.29) is 12.0 Å². The molecule has 14 nitrogen and oxygen atoms in total. The second-order valence-corrected chi connectivity index (χ2v) is 7.61. The van der Waals surface area contributed by atoms with E-state index < -0.39 is 56.0 Å². The van der Waals surface area contributed by atoms with Gasteiger partial charge in [0.05, 0.1) is 18.8 Å². The quantitative estimate of drug-likeness (QED) is 0.212. The molecule has 1 aliphatic heterocycles. The van der Waals surface area contributed by atoms with Gasteiger partial charge in [0.25, 0.3) is 5.56 Å². The Bertz CT molecular complexity index is 953. The molecule has 154 valence electrons. The van der Waals surface area contributed by atoms with Gasteiger partial charge in [-0.1, -0.05) is 5.11 Å². The number of nitrogens with zero attached hydrogens (tertiary/aromatic N) is 4. The van der Waals surface area contributed by atoms with E-state index in [0.29, 0.717) is 0 Å². The third-order valence-corrected chi connectivity index (χ3v) is 5.18. The molecule has 15 heteroatoms. The molecule has 0 radical (unpaired) electrons. The summed E-state index contributed by atoms with van der Waals surface area (Å²) in [6.45, 7) is 2.03. The van der Waals surface area contributed by atoms with Gasteiger partial charge in [0.1, 0.15) is 12.3 Å². The molecule has 5 atom stereocenters. The van der Waals surface area contributed by atoms with Crippen molar-refractivity contribution in [1.82, 2.24) is 14.6 Å². The molecule has 3 N–H and O–H groups in total. The Morgan fingerprint density at radius 2 is 2.36 bits per heavy atom.